The number of aromatic nitrogens is 4. The van der Waals surface area contributed by atoms with E-state index in [-0.39, 0.29) is 17.6 Å². The van der Waals surface area contributed by atoms with Gasteiger partial charge in [0.05, 0.1) is 23.1 Å². The number of hydrogen-bond donors (Lipinski definition) is 3. The van der Waals surface area contributed by atoms with Gasteiger partial charge in [0.1, 0.15) is 11.5 Å². The number of benzene rings is 3. The first kappa shape index (κ1) is 23.3. The smallest absolute Gasteiger partial charge is 0.227 e. The summed E-state index contributed by atoms with van der Waals surface area (Å²) in [6.07, 6.45) is 7.64. The molecule has 7 rings (SSSR count). The summed E-state index contributed by atoms with van der Waals surface area (Å²) < 4.78 is 13.9. The van der Waals surface area contributed by atoms with Crippen molar-refractivity contribution in [2.45, 2.75) is 25.7 Å². The van der Waals surface area contributed by atoms with E-state index in [0.29, 0.717) is 5.69 Å². The topological polar surface area (TPSA) is 86.5 Å². The van der Waals surface area contributed by atoms with Gasteiger partial charge in [-0.25, -0.2) is 4.39 Å². The van der Waals surface area contributed by atoms with Crippen molar-refractivity contribution in [1.82, 2.24) is 20.2 Å². The number of H-pyrrole nitrogens is 2. The fraction of sp³-hybridized carbons (Fsp3) is 0.156. The molecule has 0 atom stereocenters. The van der Waals surface area contributed by atoms with Gasteiger partial charge >= 0.3 is 0 Å². The first-order valence-corrected chi connectivity index (χ1v) is 13.2. The van der Waals surface area contributed by atoms with Gasteiger partial charge in [0, 0.05) is 34.0 Å². The van der Waals surface area contributed by atoms with Crippen LogP contribution in [0.25, 0.3) is 55.4 Å². The van der Waals surface area contributed by atoms with Crippen LogP contribution < -0.4 is 5.32 Å². The number of aromatic amines is 2. The van der Waals surface area contributed by atoms with Gasteiger partial charge in [-0.3, -0.25) is 14.9 Å². The Bertz CT molecular complexity index is 1850. The average molecular weight is 516 g/mol. The van der Waals surface area contributed by atoms with E-state index in [1.165, 1.54) is 6.07 Å². The van der Waals surface area contributed by atoms with Crippen LogP contribution in [-0.2, 0) is 4.79 Å². The van der Waals surface area contributed by atoms with Crippen LogP contribution in [0.2, 0.25) is 0 Å². The van der Waals surface area contributed by atoms with Crippen molar-refractivity contribution in [2.75, 3.05) is 5.32 Å². The highest BCUT2D eigenvalue weighted by molar-refractivity contribution is 6.02. The van der Waals surface area contributed by atoms with E-state index in [1.54, 1.807) is 24.5 Å². The lowest BCUT2D eigenvalue weighted by atomic mass is 10.0. The number of hydrogen-bond acceptors (Lipinski definition) is 3. The van der Waals surface area contributed by atoms with E-state index in [9.17, 15) is 9.18 Å². The maximum atomic E-state index is 13.9. The highest BCUT2D eigenvalue weighted by Gasteiger charge is 2.23. The largest absolute Gasteiger partial charge is 0.353 e. The summed E-state index contributed by atoms with van der Waals surface area (Å²) in [6.45, 7) is 0. The minimum atomic E-state index is -0.261. The van der Waals surface area contributed by atoms with Gasteiger partial charge in [-0.15, -0.1) is 0 Å². The van der Waals surface area contributed by atoms with E-state index >= 15 is 0 Å². The molecule has 0 spiro atoms. The number of carbonyl (C=O) groups excluding carboxylic acids is 1. The Labute approximate surface area is 224 Å². The Balaban J connectivity index is 1.25. The number of anilines is 1. The maximum absolute atomic E-state index is 13.9. The summed E-state index contributed by atoms with van der Waals surface area (Å²) in [5, 5.41) is 12.8. The third-order valence-corrected chi connectivity index (χ3v) is 7.68. The molecule has 0 bridgehead atoms. The first-order valence-electron chi connectivity index (χ1n) is 13.2. The number of pyridine rings is 1. The molecule has 3 aromatic heterocycles. The molecule has 7 heteroatoms. The normalized spacial score (nSPS) is 13.9. The molecule has 6 aromatic rings. The van der Waals surface area contributed by atoms with Gasteiger partial charge < -0.3 is 10.3 Å². The molecule has 1 aliphatic carbocycles. The molecule has 1 saturated carbocycles. The Kier molecular flexibility index (Phi) is 5.69. The molecule has 192 valence electrons. The van der Waals surface area contributed by atoms with E-state index < -0.39 is 0 Å². The number of nitrogens with zero attached hydrogens (tertiary/aromatic N) is 2. The molecule has 0 radical (unpaired) electrons. The summed E-state index contributed by atoms with van der Waals surface area (Å²) in [6, 6.07) is 22.8. The molecule has 3 heterocycles. The Morgan fingerprint density at radius 3 is 2.59 bits per heavy atom. The van der Waals surface area contributed by atoms with Crippen LogP contribution in [0.3, 0.4) is 0 Å². The average Bonchev–Trinajstić information content (AvgIpc) is 3.72. The Morgan fingerprint density at radius 2 is 1.72 bits per heavy atom. The van der Waals surface area contributed by atoms with Crippen molar-refractivity contribution in [1.29, 1.82) is 0 Å². The summed E-state index contributed by atoms with van der Waals surface area (Å²) in [7, 11) is 0. The van der Waals surface area contributed by atoms with Crippen molar-refractivity contribution >= 4 is 33.4 Å². The monoisotopic (exact) mass is 515 g/mol. The number of carbonyl (C=O) groups is 1. The van der Waals surface area contributed by atoms with Crippen LogP contribution >= 0.6 is 0 Å². The highest BCUT2D eigenvalue weighted by Crippen LogP contribution is 2.36. The number of amides is 1. The van der Waals surface area contributed by atoms with E-state index in [0.717, 1.165) is 81.1 Å². The number of nitrogens with one attached hydrogen (secondary N) is 3. The standard InChI is InChI=1S/C32H26FN5O/c33-23-8-3-7-21(13-23)25-9-4-10-28-26(25)16-30(36-28)31-27-15-20(11-12-29(27)37-38-31)22-14-24(18-34-17-22)35-32(39)19-5-1-2-6-19/h3-4,7-19,36H,1-2,5-6H2,(H,35,39)(H,37,38). The van der Waals surface area contributed by atoms with Crippen molar-refractivity contribution in [3.63, 3.8) is 0 Å². The Morgan fingerprint density at radius 1 is 0.846 bits per heavy atom. The van der Waals surface area contributed by atoms with Gasteiger partial charge in [0.25, 0.3) is 0 Å². The van der Waals surface area contributed by atoms with Crippen LogP contribution in [0, 0.1) is 11.7 Å². The molecule has 6 nitrogen and oxygen atoms in total. The lowest BCUT2D eigenvalue weighted by Gasteiger charge is -2.11. The summed E-state index contributed by atoms with van der Waals surface area (Å²) in [5.74, 6) is -0.0885. The molecule has 1 aliphatic rings. The van der Waals surface area contributed by atoms with Crippen molar-refractivity contribution in [3.05, 3.63) is 91.0 Å². The first-order chi connectivity index (χ1) is 19.1. The van der Waals surface area contributed by atoms with Crippen molar-refractivity contribution < 1.29 is 9.18 Å². The highest BCUT2D eigenvalue weighted by atomic mass is 19.1. The van der Waals surface area contributed by atoms with Crippen molar-refractivity contribution in [2.24, 2.45) is 5.92 Å². The molecular weight excluding hydrogens is 489 g/mol. The lowest BCUT2D eigenvalue weighted by Crippen LogP contribution is -2.20. The molecule has 0 unspecified atom stereocenters. The fourth-order valence-electron chi connectivity index (χ4n) is 5.69. The number of fused-ring (bicyclic) bond motifs is 2. The zero-order valence-electron chi connectivity index (χ0n) is 21.2. The Hall–Kier alpha value is -4.78. The predicted molar refractivity (Wildman–Crippen MR) is 153 cm³/mol. The van der Waals surface area contributed by atoms with Crippen LogP contribution in [0.1, 0.15) is 25.7 Å². The molecule has 39 heavy (non-hydrogen) atoms. The number of rotatable bonds is 5. The van der Waals surface area contributed by atoms with Crippen molar-refractivity contribution in [3.8, 4) is 33.6 Å². The van der Waals surface area contributed by atoms with Crippen LogP contribution in [-0.4, -0.2) is 26.1 Å². The quantitative estimate of drug-likeness (QED) is 0.220. The van der Waals surface area contributed by atoms with Gasteiger partial charge in [0.2, 0.25) is 5.91 Å². The molecule has 0 aliphatic heterocycles. The number of halogens is 1. The SMILES string of the molecule is O=C(Nc1cncc(-c2ccc3[nH]nc(-c4cc5c(-c6cccc(F)c6)cccc5[nH]4)c3c2)c1)C1CCCC1. The lowest BCUT2D eigenvalue weighted by molar-refractivity contribution is -0.119. The van der Waals surface area contributed by atoms with Gasteiger partial charge in [-0.2, -0.15) is 5.10 Å². The predicted octanol–water partition coefficient (Wildman–Crippen LogP) is 7.71. The third kappa shape index (κ3) is 4.36. The van der Waals surface area contributed by atoms with Gasteiger partial charge in [-0.05, 0) is 72.0 Å². The van der Waals surface area contributed by atoms with Crippen LogP contribution in [0.4, 0.5) is 10.1 Å². The minimum absolute atomic E-state index is 0.0791. The van der Waals surface area contributed by atoms with Crippen LogP contribution in [0.15, 0.2) is 85.2 Å². The zero-order valence-corrected chi connectivity index (χ0v) is 21.2. The van der Waals surface area contributed by atoms with Gasteiger partial charge in [0.15, 0.2) is 0 Å². The van der Waals surface area contributed by atoms with E-state index in [2.05, 4.69) is 37.6 Å². The fourth-order valence-corrected chi connectivity index (χ4v) is 5.69. The maximum Gasteiger partial charge on any atom is 0.227 e. The second-order valence-electron chi connectivity index (χ2n) is 10.2. The zero-order chi connectivity index (χ0) is 26.3. The molecule has 1 fully saturated rings. The summed E-state index contributed by atoms with van der Waals surface area (Å²) >= 11 is 0. The third-order valence-electron chi connectivity index (χ3n) is 7.68. The molecule has 3 aromatic carbocycles. The van der Waals surface area contributed by atoms with Gasteiger partial charge in [-0.1, -0.05) is 43.2 Å². The molecule has 1 amide bonds. The second kappa shape index (κ2) is 9.51. The molecule has 0 saturated heterocycles. The summed E-state index contributed by atoms with van der Waals surface area (Å²) in [4.78, 5) is 20.5. The molecular formula is C32H26FN5O. The minimum Gasteiger partial charge on any atom is -0.353 e. The summed E-state index contributed by atoms with van der Waals surface area (Å²) in [5.41, 5.74) is 7.91. The van der Waals surface area contributed by atoms with Crippen LogP contribution in [0.5, 0.6) is 0 Å². The van der Waals surface area contributed by atoms with E-state index in [1.807, 2.05) is 42.5 Å². The second-order valence-corrected chi connectivity index (χ2v) is 10.2. The van der Waals surface area contributed by atoms with E-state index in [4.69, 9.17) is 0 Å². The molecule has 3 N–H and O–H groups in total.